The van der Waals surface area contributed by atoms with Gasteiger partial charge in [-0.05, 0) is 49.6 Å². The molecule has 0 saturated carbocycles. The van der Waals surface area contributed by atoms with Crippen LogP contribution >= 0.6 is 0 Å². The van der Waals surface area contributed by atoms with Crippen molar-refractivity contribution < 1.29 is 14.7 Å². The Morgan fingerprint density at radius 2 is 1.96 bits per heavy atom. The molecule has 1 aliphatic rings. The van der Waals surface area contributed by atoms with Gasteiger partial charge in [0, 0.05) is 30.6 Å². The fourth-order valence-electron chi connectivity index (χ4n) is 3.52. The quantitative estimate of drug-likeness (QED) is 0.791. The van der Waals surface area contributed by atoms with Crippen molar-refractivity contribution in [3.05, 3.63) is 36.0 Å². The Hall–Kier alpha value is -2.30. The lowest BCUT2D eigenvalue weighted by atomic mass is 9.98. The molecule has 2 aromatic rings. The first-order valence-electron chi connectivity index (χ1n) is 8.74. The summed E-state index contributed by atoms with van der Waals surface area (Å²) in [4.78, 5) is 28.6. The number of amides is 1. The fourth-order valence-corrected chi connectivity index (χ4v) is 3.52. The number of likely N-dealkylation sites (tertiary alicyclic amines) is 1. The highest BCUT2D eigenvalue weighted by molar-refractivity contribution is 5.81. The van der Waals surface area contributed by atoms with Gasteiger partial charge in [0.15, 0.2) is 0 Å². The molecule has 1 amide bonds. The molecule has 2 N–H and O–H groups in total. The zero-order valence-corrected chi connectivity index (χ0v) is 13.8. The van der Waals surface area contributed by atoms with E-state index in [9.17, 15) is 9.59 Å². The first-order valence-corrected chi connectivity index (χ1v) is 8.74. The predicted molar refractivity (Wildman–Crippen MR) is 92.7 cm³/mol. The highest BCUT2D eigenvalue weighted by atomic mass is 16.4. The topological polar surface area (TPSA) is 73.4 Å². The van der Waals surface area contributed by atoms with E-state index < -0.39 is 5.97 Å². The van der Waals surface area contributed by atoms with E-state index >= 15 is 0 Å². The van der Waals surface area contributed by atoms with Crippen molar-refractivity contribution in [2.45, 2.75) is 51.0 Å². The lowest BCUT2D eigenvalue weighted by molar-refractivity contribution is -0.138. The number of carbonyl (C=O) groups is 2. The molecular weight excluding hydrogens is 304 g/mol. The molecule has 0 spiro atoms. The number of aromatic nitrogens is 1. The number of nitrogens with zero attached hydrogens (tertiary/aromatic N) is 1. The molecule has 1 aromatic heterocycles. The zero-order chi connectivity index (χ0) is 16.9. The van der Waals surface area contributed by atoms with Gasteiger partial charge in [0.25, 0.3) is 0 Å². The van der Waals surface area contributed by atoms with Crippen LogP contribution in [0.4, 0.5) is 0 Å². The van der Waals surface area contributed by atoms with Gasteiger partial charge in [-0.15, -0.1) is 0 Å². The molecule has 5 heteroatoms. The van der Waals surface area contributed by atoms with Gasteiger partial charge in [-0.25, -0.2) is 0 Å². The summed E-state index contributed by atoms with van der Waals surface area (Å²) in [5.74, 6) is -0.653. The maximum atomic E-state index is 12.6. The molecule has 128 valence electrons. The third-order valence-electron chi connectivity index (χ3n) is 4.76. The molecule has 3 rings (SSSR count). The zero-order valence-electron chi connectivity index (χ0n) is 13.8. The van der Waals surface area contributed by atoms with Crippen molar-refractivity contribution in [1.29, 1.82) is 0 Å². The number of hydrogen-bond donors (Lipinski definition) is 2. The number of nitrogens with one attached hydrogen (secondary N) is 1. The Balaban J connectivity index is 1.68. The Morgan fingerprint density at radius 3 is 2.75 bits per heavy atom. The largest absolute Gasteiger partial charge is 0.481 e. The van der Waals surface area contributed by atoms with Crippen LogP contribution in [0.2, 0.25) is 0 Å². The maximum absolute atomic E-state index is 12.6. The first kappa shape index (κ1) is 16.6. The van der Waals surface area contributed by atoms with Crippen molar-refractivity contribution in [2.24, 2.45) is 0 Å². The van der Waals surface area contributed by atoms with Gasteiger partial charge in [-0.2, -0.15) is 0 Å². The number of benzene rings is 1. The number of rotatable bonds is 6. The summed E-state index contributed by atoms with van der Waals surface area (Å²) in [6.07, 6.45) is 4.92. The molecular formula is C19H24N2O3. The SMILES string of the molecule is O=C(O)CCCCC(=O)N1CCCCC1c1cc2ccccc2[nH]1. The van der Waals surface area contributed by atoms with Gasteiger partial charge in [0.1, 0.15) is 0 Å². The summed E-state index contributed by atoms with van der Waals surface area (Å²) < 4.78 is 0. The van der Waals surface area contributed by atoms with E-state index in [0.29, 0.717) is 19.3 Å². The van der Waals surface area contributed by atoms with E-state index in [4.69, 9.17) is 5.11 Å². The third-order valence-corrected chi connectivity index (χ3v) is 4.76. The van der Waals surface area contributed by atoms with Crippen molar-refractivity contribution in [1.82, 2.24) is 9.88 Å². The second-order valence-corrected chi connectivity index (χ2v) is 6.51. The van der Waals surface area contributed by atoms with Gasteiger partial charge in [0.05, 0.1) is 6.04 Å². The maximum Gasteiger partial charge on any atom is 0.303 e. The summed E-state index contributed by atoms with van der Waals surface area (Å²) in [7, 11) is 0. The van der Waals surface area contributed by atoms with Gasteiger partial charge in [-0.3, -0.25) is 9.59 Å². The first-order chi connectivity index (χ1) is 11.6. The standard InChI is InChI=1S/C19H24N2O3/c22-18(10-3-4-11-19(23)24)21-12-6-5-9-17(21)16-13-14-7-1-2-8-15(14)20-16/h1-2,7-8,13,17,20H,3-6,9-12H2,(H,23,24). The van der Waals surface area contributed by atoms with E-state index in [1.807, 2.05) is 17.0 Å². The molecule has 0 radical (unpaired) electrons. The number of H-pyrrole nitrogens is 1. The van der Waals surface area contributed by atoms with Crippen molar-refractivity contribution >= 4 is 22.8 Å². The molecule has 1 unspecified atom stereocenters. The van der Waals surface area contributed by atoms with Gasteiger partial charge in [-0.1, -0.05) is 18.2 Å². The smallest absolute Gasteiger partial charge is 0.303 e. The number of para-hydroxylation sites is 1. The summed E-state index contributed by atoms with van der Waals surface area (Å²) in [5.41, 5.74) is 2.21. The average Bonchev–Trinajstić information content (AvgIpc) is 3.02. The number of carboxylic acids is 1. The van der Waals surface area contributed by atoms with E-state index in [2.05, 4.69) is 23.2 Å². The van der Waals surface area contributed by atoms with Crippen LogP contribution in [0.5, 0.6) is 0 Å². The molecule has 0 aliphatic carbocycles. The van der Waals surface area contributed by atoms with Crippen LogP contribution in [0.25, 0.3) is 10.9 Å². The number of aromatic amines is 1. The average molecular weight is 328 g/mol. The summed E-state index contributed by atoms with van der Waals surface area (Å²) >= 11 is 0. The van der Waals surface area contributed by atoms with E-state index in [-0.39, 0.29) is 18.4 Å². The van der Waals surface area contributed by atoms with Gasteiger partial charge in [0.2, 0.25) is 5.91 Å². The van der Waals surface area contributed by atoms with Crippen molar-refractivity contribution in [2.75, 3.05) is 6.54 Å². The van der Waals surface area contributed by atoms with Gasteiger partial charge < -0.3 is 15.0 Å². The number of fused-ring (bicyclic) bond motifs is 1. The molecule has 5 nitrogen and oxygen atoms in total. The van der Waals surface area contributed by atoms with Crippen LogP contribution in [0.1, 0.15) is 56.7 Å². The van der Waals surface area contributed by atoms with Crippen LogP contribution in [0.3, 0.4) is 0 Å². The van der Waals surface area contributed by atoms with Gasteiger partial charge >= 0.3 is 5.97 Å². The third kappa shape index (κ3) is 3.78. The monoisotopic (exact) mass is 328 g/mol. The molecule has 1 fully saturated rings. The molecule has 1 aromatic carbocycles. The summed E-state index contributed by atoms with van der Waals surface area (Å²) in [6.45, 7) is 0.789. The second-order valence-electron chi connectivity index (χ2n) is 6.51. The van der Waals surface area contributed by atoms with Crippen LogP contribution < -0.4 is 0 Å². The number of carboxylic acid groups (broad SMARTS) is 1. The molecule has 0 bridgehead atoms. The van der Waals surface area contributed by atoms with Crippen LogP contribution in [-0.4, -0.2) is 33.4 Å². The normalized spacial score (nSPS) is 18.0. The minimum absolute atomic E-state index is 0.109. The van der Waals surface area contributed by atoms with E-state index in [1.165, 1.54) is 5.39 Å². The molecule has 1 aliphatic heterocycles. The Bertz CT molecular complexity index is 689. The molecule has 1 saturated heterocycles. The number of piperidine rings is 1. The lowest BCUT2D eigenvalue weighted by Crippen LogP contribution is -2.38. The van der Waals surface area contributed by atoms with Crippen LogP contribution in [0, 0.1) is 0 Å². The number of carbonyl (C=O) groups excluding carboxylic acids is 1. The number of unbranched alkanes of at least 4 members (excludes halogenated alkanes) is 1. The second kappa shape index (κ2) is 7.51. The summed E-state index contributed by atoms with van der Waals surface area (Å²) in [5, 5.41) is 9.86. The lowest BCUT2D eigenvalue weighted by Gasteiger charge is -2.35. The molecule has 2 heterocycles. The Labute approximate surface area is 141 Å². The highest BCUT2D eigenvalue weighted by Crippen LogP contribution is 2.32. The summed E-state index contributed by atoms with van der Waals surface area (Å²) in [6, 6.07) is 10.4. The molecule has 24 heavy (non-hydrogen) atoms. The predicted octanol–water partition coefficient (Wildman–Crippen LogP) is 3.87. The minimum atomic E-state index is -0.795. The van der Waals surface area contributed by atoms with Crippen LogP contribution in [-0.2, 0) is 9.59 Å². The Kier molecular flexibility index (Phi) is 5.18. The Morgan fingerprint density at radius 1 is 1.17 bits per heavy atom. The number of aliphatic carboxylic acids is 1. The van der Waals surface area contributed by atoms with Crippen LogP contribution in [0.15, 0.2) is 30.3 Å². The molecule has 1 atom stereocenters. The highest BCUT2D eigenvalue weighted by Gasteiger charge is 2.28. The van der Waals surface area contributed by atoms with Crippen molar-refractivity contribution in [3.8, 4) is 0 Å². The van der Waals surface area contributed by atoms with E-state index in [1.54, 1.807) is 0 Å². The van der Waals surface area contributed by atoms with Crippen molar-refractivity contribution in [3.63, 3.8) is 0 Å². The minimum Gasteiger partial charge on any atom is -0.481 e. The fraction of sp³-hybridized carbons (Fsp3) is 0.474. The van der Waals surface area contributed by atoms with E-state index in [0.717, 1.165) is 37.0 Å². The number of hydrogen-bond acceptors (Lipinski definition) is 2.